The average molecular weight is 509 g/mol. The maximum atomic E-state index is 13.8. The molecule has 0 heterocycles. The Balaban J connectivity index is 1.57. The second-order valence-electron chi connectivity index (χ2n) is 9.64. The Morgan fingerprint density at radius 1 is 0.944 bits per heavy atom. The van der Waals surface area contributed by atoms with Crippen LogP contribution >= 0.6 is 12.6 Å². The number of nitrogens with one attached hydrogen (secondary N) is 2. The summed E-state index contributed by atoms with van der Waals surface area (Å²) in [5.74, 6) is -0.948. The highest BCUT2D eigenvalue weighted by Gasteiger charge is 2.30. The number of hydrogen-bond donors (Lipinski definition) is 3. The molecule has 3 nitrogen and oxygen atoms in total. The van der Waals surface area contributed by atoms with Gasteiger partial charge in [0.25, 0.3) is 0 Å². The molecule has 3 aromatic carbocycles. The minimum Gasteiger partial charge on any atom is -0.352 e. The third kappa shape index (κ3) is 5.81. The Morgan fingerprint density at radius 2 is 1.61 bits per heavy atom. The van der Waals surface area contributed by atoms with Gasteiger partial charge in [-0.2, -0.15) is 12.6 Å². The summed E-state index contributed by atoms with van der Waals surface area (Å²) in [5.41, 5.74) is 6.77. The van der Waals surface area contributed by atoms with Gasteiger partial charge in [0, 0.05) is 30.8 Å². The Kier molecular flexibility index (Phi) is 8.47. The van der Waals surface area contributed by atoms with Crippen LogP contribution in [0.4, 0.5) is 8.78 Å². The van der Waals surface area contributed by atoms with Gasteiger partial charge in [0.05, 0.1) is 6.04 Å². The van der Waals surface area contributed by atoms with Gasteiger partial charge in [-0.3, -0.25) is 4.79 Å². The van der Waals surface area contributed by atoms with Crippen LogP contribution in [-0.2, 0) is 11.2 Å². The first-order valence-electron chi connectivity index (χ1n) is 12.7. The predicted octanol–water partition coefficient (Wildman–Crippen LogP) is 6.57. The fourth-order valence-electron chi connectivity index (χ4n) is 5.37. The highest BCUT2D eigenvalue weighted by Crippen LogP contribution is 2.44. The van der Waals surface area contributed by atoms with Gasteiger partial charge in [-0.25, -0.2) is 8.78 Å². The van der Waals surface area contributed by atoms with Crippen LogP contribution in [0.1, 0.15) is 67.8 Å². The van der Waals surface area contributed by atoms with Crippen molar-refractivity contribution in [3.05, 3.63) is 94.6 Å². The molecule has 0 radical (unpaired) electrons. The van der Waals surface area contributed by atoms with E-state index in [2.05, 4.69) is 66.9 Å². The zero-order valence-corrected chi connectivity index (χ0v) is 21.9. The lowest BCUT2D eigenvalue weighted by Crippen LogP contribution is -2.46. The van der Waals surface area contributed by atoms with Crippen LogP contribution in [0.2, 0.25) is 0 Å². The van der Waals surface area contributed by atoms with Gasteiger partial charge >= 0.3 is 0 Å². The average Bonchev–Trinajstić information content (AvgIpc) is 3.15. The van der Waals surface area contributed by atoms with Crippen LogP contribution in [0.5, 0.6) is 0 Å². The molecule has 0 aromatic heterocycles. The Hall–Kier alpha value is -2.70. The zero-order valence-electron chi connectivity index (χ0n) is 21.0. The number of rotatable bonds is 10. The molecule has 3 aromatic rings. The molecule has 0 fully saturated rings. The number of thiol groups is 1. The second-order valence-corrected chi connectivity index (χ2v) is 10.3. The number of halogens is 2. The van der Waals surface area contributed by atoms with Gasteiger partial charge in [-0.05, 0) is 70.7 Å². The SMILES string of the molecule is CCC(CC)c1ccc2c(c1)C(NC[C@H](S)[C@H](Cc1cc(F)cc(F)c1)NC(C)=O)c1ccccc1-2. The number of fused-ring (bicyclic) bond motifs is 3. The molecule has 36 heavy (non-hydrogen) atoms. The van der Waals surface area contributed by atoms with Crippen molar-refractivity contribution in [3.8, 4) is 11.1 Å². The normalized spacial score (nSPS) is 15.9. The molecule has 1 amide bonds. The van der Waals surface area contributed by atoms with E-state index in [9.17, 15) is 13.6 Å². The molecule has 4 rings (SSSR count). The van der Waals surface area contributed by atoms with Gasteiger partial charge in [0.2, 0.25) is 5.91 Å². The van der Waals surface area contributed by atoms with Crippen LogP contribution in [0.15, 0.2) is 60.7 Å². The topological polar surface area (TPSA) is 41.1 Å². The molecule has 0 spiro atoms. The molecule has 0 saturated heterocycles. The summed E-state index contributed by atoms with van der Waals surface area (Å²) < 4.78 is 27.5. The van der Waals surface area contributed by atoms with Crippen LogP contribution < -0.4 is 10.6 Å². The van der Waals surface area contributed by atoms with Crippen molar-refractivity contribution < 1.29 is 13.6 Å². The summed E-state index contributed by atoms with van der Waals surface area (Å²) in [6.07, 6.45) is 2.47. The summed E-state index contributed by atoms with van der Waals surface area (Å²) in [7, 11) is 0. The molecule has 0 bridgehead atoms. The summed E-state index contributed by atoms with van der Waals surface area (Å²) in [4.78, 5) is 11.9. The second kappa shape index (κ2) is 11.6. The first-order valence-corrected chi connectivity index (χ1v) is 13.2. The predicted molar refractivity (Wildman–Crippen MR) is 145 cm³/mol. The number of benzene rings is 3. The molecule has 1 unspecified atom stereocenters. The third-order valence-electron chi connectivity index (χ3n) is 7.17. The third-order valence-corrected chi connectivity index (χ3v) is 7.71. The first kappa shape index (κ1) is 26.4. The summed E-state index contributed by atoms with van der Waals surface area (Å²) in [5, 5.41) is 6.32. The van der Waals surface area contributed by atoms with Crippen molar-refractivity contribution in [1.29, 1.82) is 0 Å². The molecule has 1 aliphatic rings. The van der Waals surface area contributed by atoms with E-state index >= 15 is 0 Å². The van der Waals surface area contributed by atoms with Gasteiger partial charge in [0.15, 0.2) is 0 Å². The standard InChI is InChI=1S/C30H34F2N2OS/c1-4-20(5-2)21-10-11-25-24-8-6-7-9-26(24)30(27(25)15-21)33-17-29(36)28(34-18(3)35)14-19-12-22(31)16-23(32)13-19/h6-13,15-16,20,28-30,33,36H,4-5,14,17H2,1-3H3,(H,34,35)/t28-,29-,30?/m0/s1. The van der Waals surface area contributed by atoms with Gasteiger partial charge in [0.1, 0.15) is 11.6 Å². The Bertz CT molecular complexity index is 1210. The highest BCUT2D eigenvalue weighted by atomic mass is 32.1. The van der Waals surface area contributed by atoms with Crippen molar-refractivity contribution in [2.75, 3.05) is 6.54 Å². The maximum absolute atomic E-state index is 13.8. The summed E-state index contributed by atoms with van der Waals surface area (Å²) in [6.45, 7) is 6.39. The minimum absolute atomic E-state index is 0.00440. The summed E-state index contributed by atoms with van der Waals surface area (Å²) in [6, 6.07) is 18.3. The number of hydrogen-bond acceptors (Lipinski definition) is 3. The Morgan fingerprint density at radius 3 is 2.28 bits per heavy atom. The van der Waals surface area contributed by atoms with E-state index in [1.165, 1.54) is 46.9 Å². The van der Waals surface area contributed by atoms with Crippen molar-refractivity contribution >= 4 is 18.5 Å². The van der Waals surface area contributed by atoms with E-state index in [-0.39, 0.29) is 23.6 Å². The van der Waals surface area contributed by atoms with E-state index in [1.54, 1.807) is 0 Å². The van der Waals surface area contributed by atoms with Crippen LogP contribution in [-0.4, -0.2) is 23.7 Å². The smallest absolute Gasteiger partial charge is 0.217 e. The lowest BCUT2D eigenvalue weighted by Gasteiger charge is -2.27. The van der Waals surface area contributed by atoms with Crippen LogP contribution in [0, 0.1) is 11.6 Å². The van der Waals surface area contributed by atoms with Crippen molar-refractivity contribution in [3.63, 3.8) is 0 Å². The lowest BCUT2D eigenvalue weighted by molar-refractivity contribution is -0.119. The maximum Gasteiger partial charge on any atom is 0.217 e. The summed E-state index contributed by atoms with van der Waals surface area (Å²) >= 11 is 4.81. The minimum atomic E-state index is -0.632. The van der Waals surface area contributed by atoms with Crippen molar-refractivity contribution in [2.45, 2.75) is 63.3 Å². The van der Waals surface area contributed by atoms with Crippen molar-refractivity contribution in [1.82, 2.24) is 10.6 Å². The molecule has 1 aliphatic carbocycles. The molecule has 2 N–H and O–H groups in total. The van der Waals surface area contributed by atoms with Crippen LogP contribution in [0.3, 0.4) is 0 Å². The monoisotopic (exact) mass is 508 g/mol. The van der Waals surface area contributed by atoms with Gasteiger partial charge in [-0.1, -0.05) is 56.3 Å². The van der Waals surface area contributed by atoms with Gasteiger partial charge < -0.3 is 10.6 Å². The Labute approximate surface area is 218 Å². The molecule has 0 saturated carbocycles. The number of carbonyl (C=O) groups is 1. The molecular weight excluding hydrogens is 474 g/mol. The lowest BCUT2D eigenvalue weighted by atomic mass is 9.90. The zero-order chi connectivity index (χ0) is 25.8. The number of amides is 1. The fraction of sp³-hybridized carbons (Fsp3) is 0.367. The molecule has 190 valence electrons. The van der Waals surface area contributed by atoms with E-state index in [0.29, 0.717) is 18.0 Å². The van der Waals surface area contributed by atoms with E-state index in [1.807, 2.05) is 0 Å². The molecule has 6 heteroatoms. The van der Waals surface area contributed by atoms with Crippen LogP contribution in [0.25, 0.3) is 11.1 Å². The molecular formula is C30H34F2N2OS. The van der Waals surface area contributed by atoms with Crippen molar-refractivity contribution in [2.24, 2.45) is 0 Å². The van der Waals surface area contributed by atoms with Gasteiger partial charge in [-0.15, -0.1) is 0 Å². The molecule has 3 atom stereocenters. The fourth-order valence-corrected chi connectivity index (χ4v) is 5.65. The quantitative estimate of drug-likeness (QED) is 0.271. The first-order chi connectivity index (χ1) is 17.3. The van der Waals surface area contributed by atoms with E-state index < -0.39 is 17.7 Å². The van der Waals surface area contributed by atoms with E-state index in [4.69, 9.17) is 12.6 Å². The highest BCUT2D eigenvalue weighted by molar-refractivity contribution is 7.81. The molecule has 0 aliphatic heterocycles. The number of carbonyl (C=O) groups excluding carboxylic acids is 1. The largest absolute Gasteiger partial charge is 0.352 e. The van der Waals surface area contributed by atoms with E-state index in [0.717, 1.165) is 18.9 Å².